The van der Waals surface area contributed by atoms with Gasteiger partial charge in [0, 0.05) is 11.8 Å². The molecule has 0 spiro atoms. The third kappa shape index (κ3) is 1.69. The van der Waals surface area contributed by atoms with Crippen molar-refractivity contribution < 1.29 is 17.6 Å². The third-order valence-electron chi connectivity index (χ3n) is 2.30. The maximum Gasteiger partial charge on any atom is 0.179 e. The van der Waals surface area contributed by atoms with E-state index in [0.717, 1.165) is 18.7 Å². The second-order valence-corrected chi connectivity index (χ2v) is 4.07. The average Bonchev–Trinajstić information content (AvgIpc) is 2.13. The standard InChI is InChI=1S/C9H10F4S/c1-5-8(12)6(10)3-7(11)9(5,13)4-14-2/h3,5H,4H2,1-2H3. The van der Waals surface area contributed by atoms with Gasteiger partial charge >= 0.3 is 0 Å². The first-order valence-electron chi connectivity index (χ1n) is 4.04. The number of allylic oxidation sites excluding steroid dienone is 4. The molecule has 5 heteroatoms. The number of thioether (sulfide) groups is 1. The van der Waals surface area contributed by atoms with Gasteiger partial charge in [0.05, 0.1) is 5.92 Å². The minimum absolute atomic E-state index is 0.225. The van der Waals surface area contributed by atoms with E-state index in [0.29, 0.717) is 0 Å². The fourth-order valence-corrected chi connectivity index (χ4v) is 2.13. The van der Waals surface area contributed by atoms with Gasteiger partial charge in [0.1, 0.15) is 11.7 Å². The number of hydrogen-bond donors (Lipinski definition) is 0. The highest BCUT2D eigenvalue weighted by Gasteiger charge is 2.46. The zero-order valence-corrected chi connectivity index (χ0v) is 8.60. The summed E-state index contributed by atoms with van der Waals surface area (Å²) in [7, 11) is 0. The molecule has 0 amide bonds. The number of alkyl halides is 1. The molecule has 0 aromatic rings. The van der Waals surface area contributed by atoms with Crippen molar-refractivity contribution in [3.8, 4) is 0 Å². The maximum atomic E-state index is 13.9. The SMILES string of the molecule is CSCC1(F)C(F)=CC(F)=C(F)C1C. The van der Waals surface area contributed by atoms with Crippen molar-refractivity contribution in [2.45, 2.75) is 12.6 Å². The minimum Gasteiger partial charge on any atom is -0.234 e. The van der Waals surface area contributed by atoms with Crippen LogP contribution in [0, 0.1) is 5.92 Å². The molecular formula is C9H10F4S. The zero-order valence-electron chi connectivity index (χ0n) is 7.78. The van der Waals surface area contributed by atoms with Crippen LogP contribution in [-0.4, -0.2) is 17.7 Å². The Kier molecular flexibility index (Phi) is 3.29. The van der Waals surface area contributed by atoms with E-state index >= 15 is 0 Å². The van der Waals surface area contributed by atoms with Crippen LogP contribution in [0.2, 0.25) is 0 Å². The highest BCUT2D eigenvalue weighted by Crippen LogP contribution is 2.43. The summed E-state index contributed by atoms with van der Waals surface area (Å²) in [5.41, 5.74) is -2.42. The Labute approximate surface area is 84.1 Å². The summed E-state index contributed by atoms with van der Waals surface area (Å²) in [6.07, 6.45) is 1.86. The maximum absolute atomic E-state index is 13.9. The Morgan fingerprint density at radius 1 is 1.43 bits per heavy atom. The summed E-state index contributed by atoms with van der Waals surface area (Å²) in [6, 6.07) is 0. The first kappa shape index (κ1) is 11.6. The second kappa shape index (κ2) is 3.96. The summed E-state index contributed by atoms with van der Waals surface area (Å²) in [5.74, 6) is -5.40. The summed E-state index contributed by atoms with van der Waals surface area (Å²) in [5, 5.41) is 0. The van der Waals surface area contributed by atoms with Gasteiger partial charge in [-0.25, -0.2) is 17.6 Å². The molecule has 80 valence electrons. The van der Waals surface area contributed by atoms with Gasteiger partial charge in [0.2, 0.25) is 0 Å². The lowest BCUT2D eigenvalue weighted by Gasteiger charge is -2.31. The largest absolute Gasteiger partial charge is 0.234 e. The van der Waals surface area contributed by atoms with Crippen LogP contribution in [0.3, 0.4) is 0 Å². The third-order valence-corrected chi connectivity index (χ3v) is 3.01. The summed E-state index contributed by atoms with van der Waals surface area (Å²) >= 11 is 1.05. The molecule has 0 fully saturated rings. The van der Waals surface area contributed by atoms with Crippen molar-refractivity contribution in [3.05, 3.63) is 23.6 Å². The zero-order chi connectivity index (χ0) is 10.9. The van der Waals surface area contributed by atoms with E-state index in [1.165, 1.54) is 0 Å². The van der Waals surface area contributed by atoms with Crippen molar-refractivity contribution in [1.29, 1.82) is 0 Å². The van der Waals surface area contributed by atoms with E-state index in [1.54, 1.807) is 6.26 Å². The van der Waals surface area contributed by atoms with Crippen LogP contribution >= 0.6 is 11.8 Å². The van der Waals surface area contributed by atoms with E-state index in [-0.39, 0.29) is 11.8 Å². The molecule has 0 saturated heterocycles. The fraction of sp³-hybridized carbons (Fsp3) is 0.556. The van der Waals surface area contributed by atoms with Gasteiger partial charge in [-0.15, -0.1) is 0 Å². The first-order valence-corrected chi connectivity index (χ1v) is 5.43. The number of rotatable bonds is 2. The molecule has 1 rings (SSSR count). The lowest BCUT2D eigenvalue weighted by Crippen LogP contribution is -2.37. The highest BCUT2D eigenvalue weighted by molar-refractivity contribution is 7.98. The molecule has 0 bridgehead atoms. The Bertz CT molecular complexity index is 297. The molecule has 0 aromatic heterocycles. The van der Waals surface area contributed by atoms with Crippen LogP contribution < -0.4 is 0 Å². The summed E-state index contributed by atoms with van der Waals surface area (Å²) in [4.78, 5) is 0. The smallest absolute Gasteiger partial charge is 0.179 e. The van der Waals surface area contributed by atoms with Crippen LogP contribution in [0.15, 0.2) is 23.6 Å². The predicted octanol–water partition coefficient (Wildman–Crippen LogP) is 3.71. The lowest BCUT2D eigenvalue weighted by molar-refractivity contribution is 0.128. The predicted molar refractivity (Wildman–Crippen MR) is 49.8 cm³/mol. The molecule has 0 radical (unpaired) electrons. The van der Waals surface area contributed by atoms with Crippen LogP contribution in [0.1, 0.15) is 6.92 Å². The monoisotopic (exact) mass is 226 g/mol. The highest BCUT2D eigenvalue weighted by atomic mass is 32.2. The van der Waals surface area contributed by atoms with Crippen molar-refractivity contribution in [3.63, 3.8) is 0 Å². The van der Waals surface area contributed by atoms with Crippen LogP contribution in [0.25, 0.3) is 0 Å². The minimum atomic E-state index is -2.42. The van der Waals surface area contributed by atoms with E-state index < -0.39 is 29.1 Å². The summed E-state index contributed by atoms with van der Waals surface area (Å²) < 4.78 is 52.7. The Morgan fingerprint density at radius 2 is 2.00 bits per heavy atom. The molecule has 1 aliphatic carbocycles. The molecular weight excluding hydrogens is 216 g/mol. The molecule has 0 aliphatic heterocycles. The Balaban J connectivity index is 3.09. The van der Waals surface area contributed by atoms with E-state index in [2.05, 4.69) is 0 Å². The lowest BCUT2D eigenvalue weighted by atomic mass is 9.86. The molecule has 0 nitrogen and oxygen atoms in total. The van der Waals surface area contributed by atoms with E-state index in [9.17, 15) is 17.6 Å². The molecule has 0 heterocycles. The van der Waals surface area contributed by atoms with E-state index in [1.807, 2.05) is 0 Å². The van der Waals surface area contributed by atoms with Gasteiger partial charge < -0.3 is 0 Å². The van der Waals surface area contributed by atoms with Gasteiger partial charge in [-0.3, -0.25) is 0 Å². The van der Waals surface area contributed by atoms with Gasteiger partial charge in [-0.05, 0) is 6.26 Å². The molecule has 1 aliphatic rings. The van der Waals surface area contributed by atoms with Gasteiger partial charge in [0.25, 0.3) is 0 Å². The van der Waals surface area contributed by atoms with Crippen LogP contribution in [-0.2, 0) is 0 Å². The number of halogens is 4. The Hall–Kier alpha value is -0.450. The fourth-order valence-electron chi connectivity index (χ4n) is 1.32. The topological polar surface area (TPSA) is 0 Å². The van der Waals surface area contributed by atoms with Crippen LogP contribution in [0.4, 0.5) is 17.6 Å². The molecule has 0 saturated carbocycles. The van der Waals surface area contributed by atoms with Crippen molar-refractivity contribution in [2.24, 2.45) is 5.92 Å². The van der Waals surface area contributed by atoms with Crippen LogP contribution in [0.5, 0.6) is 0 Å². The number of hydrogen-bond acceptors (Lipinski definition) is 1. The van der Waals surface area contributed by atoms with Crippen molar-refractivity contribution in [1.82, 2.24) is 0 Å². The molecule has 2 unspecified atom stereocenters. The average molecular weight is 226 g/mol. The van der Waals surface area contributed by atoms with E-state index in [4.69, 9.17) is 0 Å². The quantitative estimate of drug-likeness (QED) is 0.647. The molecule has 0 N–H and O–H groups in total. The summed E-state index contributed by atoms with van der Waals surface area (Å²) in [6.45, 7) is 1.14. The van der Waals surface area contributed by atoms with Gasteiger partial charge in [-0.2, -0.15) is 11.8 Å². The second-order valence-electron chi connectivity index (χ2n) is 3.21. The van der Waals surface area contributed by atoms with Gasteiger partial charge in [-0.1, -0.05) is 6.92 Å². The van der Waals surface area contributed by atoms with Gasteiger partial charge in [0.15, 0.2) is 11.5 Å². The first-order chi connectivity index (χ1) is 6.43. The Morgan fingerprint density at radius 3 is 2.50 bits per heavy atom. The normalized spacial score (nSPS) is 33.3. The molecule has 14 heavy (non-hydrogen) atoms. The molecule has 2 atom stereocenters. The van der Waals surface area contributed by atoms with Crippen molar-refractivity contribution >= 4 is 11.8 Å². The molecule has 0 aromatic carbocycles. The van der Waals surface area contributed by atoms with Crippen molar-refractivity contribution in [2.75, 3.05) is 12.0 Å².